The molecule has 1 aliphatic carbocycles. The van der Waals surface area contributed by atoms with Crippen molar-refractivity contribution in [3.05, 3.63) is 100 Å². The monoisotopic (exact) mass is 488 g/mol. The topological polar surface area (TPSA) is 62.4 Å². The van der Waals surface area contributed by atoms with Crippen LogP contribution in [0, 0.1) is 0 Å². The zero-order valence-corrected chi connectivity index (χ0v) is 19.9. The molecule has 0 spiro atoms. The Kier molecular flexibility index (Phi) is 6.24. The van der Waals surface area contributed by atoms with Crippen molar-refractivity contribution in [2.45, 2.75) is 13.0 Å². The Hall–Kier alpha value is -3.38. The molecule has 1 heterocycles. The molecule has 0 radical (unpaired) electrons. The van der Waals surface area contributed by atoms with E-state index in [2.05, 4.69) is 9.88 Å². The fourth-order valence-electron chi connectivity index (χ4n) is 3.88. The Morgan fingerprint density at radius 2 is 1.62 bits per heavy atom. The van der Waals surface area contributed by atoms with Gasteiger partial charge in [0.2, 0.25) is 0 Å². The molecule has 0 bridgehead atoms. The molecular formula is C27H22Cl2N4O. The number of hydrogen-bond acceptors (Lipinski definition) is 4. The molecule has 2 N–H and O–H groups in total. The minimum absolute atomic E-state index is 0.0500. The molecule has 0 saturated heterocycles. The maximum absolute atomic E-state index is 9.66. The van der Waals surface area contributed by atoms with Crippen molar-refractivity contribution in [2.24, 2.45) is 4.99 Å². The lowest BCUT2D eigenvalue weighted by atomic mass is 10.1. The Bertz CT molecular complexity index is 1490. The van der Waals surface area contributed by atoms with Gasteiger partial charge >= 0.3 is 0 Å². The van der Waals surface area contributed by atoms with Gasteiger partial charge in [-0.15, -0.1) is 0 Å². The number of nitrogens with one attached hydrogen (secondary N) is 1. The zero-order valence-electron chi connectivity index (χ0n) is 18.4. The lowest BCUT2D eigenvalue weighted by Crippen LogP contribution is -2.18. The molecule has 5 nitrogen and oxygen atoms in total. The molecular weight excluding hydrogens is 467 g/mol. The fraction of sp³-hybridized carbons (Fsp3) is 0.111. The second-order valence-corrected chi connectivity index (χ2v) is 8.94. The van der Waals surface area contributed by atoms with Crippen molar-refractivity contribution < 1.29 is 5.11 Å². The number of benzene rings is 4. The van der Waals surface area contributed by atoms with E-state index >= 15 is 0 Å². The fourth-order valence-corrected chi connectivity index (χ4v) is 4.14. The van der Waals surface area contributed by atoms with Crippen LogP contribution in [0.2, 0.25) is 10.0 Å². The van der Waals surface area contributed by atoms with Gasteiger partial charge in [0.05, 0.1) is 46.1 Å². The van der Waals surface area contributed by atoms with Gasteiger partial charge in [-0.3, -0.25) is 4.99 Å². The van der Waals surface area contributed by atoms with Crippen LogP contribution in [0.5, 0.6) is 0 Å². The van der Waals surface area contributed by atoms with Crippen LogP contribution < -0.4 is 10.7 Å². The van der Waals surface area contributed by atoms with E-state index in [1.54, 1.807) is 0 Å². The van der Waals surface area contributed by atoms with Gasteiger partial charge in [0.25, 0.3) is 0 Å². The van der Waals surface area contributed by atoms with Crippen molar-refractivity contribution in [1.82, 2.24) is 9.55 Å². The number of aliphatic hydroxyl groups is 1. The number of aliphatic hydroxyl groups excluding tert-OH is 1. The van der Waals surface area contributed by atoms with Crippen LogP contribution in [0.15, 0.2) is 89.9 Å². The van der Waals surface area contributed by atoms with Crippen molar-refractivity contribution in [3.63, 3.8) is 0 Å². The van der Waals surface area contributed by atoms with Gasteiger partial charge in [0.15, 0.2) is 0 Å². The molecule has 1 unspecified atom stereocenters. The molecule has 1 aliphatic heterocycles. The predicted octanol–water partition coefficient (Wildman–Crippen LogP) is 6.46. The minimum Gasteiger partial charge on any atom is -0.394 e. The lowest BCUT2D eigenvalue weighted by molar-refractivity contribution is 0.273. The largest absolute Gasteiger partial charge is 0.394 e. The number of anilines is 2. The highest BCUT2D eigenvalue weighted by Gasteiger charge is 2.17. The summed E-state index contributed by atoms with van der Waals surface area (Å²) in [7, 11) is 0. The van der Waals surface area contributed by atoms with Crippen molar-refractivity contribution in [2.75, 3.05) is 11.9 Å². The van der Waals surface area contributed by atoms with E-state index in [-0.39, 0.29) is 12.6 Å². The Labute approximate surface area is 207 Å². The van der Waals surface area contributed by atoms with E-state index in [9.17, 15) is 5.11 Å². The molecule has 0 aromatic heterocycles. The van der Waals surface area contributed by atoms with Crippen LogP contribution in [0.3, 0.4) is 0 Å². The van der Waals surface area contributed by atoms with E-state index in [1.807, 2.05) is 91.9 Å². The first-order valence-electron chi connectivity index (χ1n) is 10.9. The first-order chi connectivity index (χ1) is 16.5. The van der Waals surface area contributed by atoms with Crippen molar-refractivity contribution >= 4 is 45.6 Å². The summed E-state index contributed by atoms with van der Waals surface area (Å²) in [6.07, 6.45) is 0. The Balaban J connectivity index is 1.80. The van der Waals surface area contributed by atoms with E-state index in [0.717, 1.165) is 44.8 Å². The summed E-state index contributed by atoms with van der Waals surface area (Å²) < 4.78 is 2.16. The first-order valence-corrected chi connectivity index (χ1v) is 11.7. The molecule has 0 saturated carbocycles. The van der Waals surface area contributed by atoms with Gasteiger partial charge in [-0.05, 0) is 79.7 Å². The summed E-state index contributed by atoms with van der Waals surface area (Å²) in [6, 6.07) is 27.0. The van der Waals surface area contributed by atoms with Crippen LogP contribution in [0.1, 0.15) is 6.92 Å². The number of para-hydroxylation sites is 2. The van der Waals surface area contributed by atoms with Gasteiger partial charge in [-0.25, -0.2) is 4.98 Å². The molecule has 1 atom stereocenters. The molecule has 3 aromatic rings. The predicted molar refractivity (Wildman–Crippen MR) is 140 cm³/mol. The number of halogens is 2. The highest BCUT2D eigenvalue weighted by molar-refractivity contribution is 6.30. The minimum atomic E-state index is -0.263. The van der Waals surface area contributed by atoms with Crippen LogP contribution in [0.4, 0.5) is 11.4 Å². The Morgan fingerprint density at radius 3 is 2.32 bits per heavy atom. The van der Waals surface area contributed by atoms with E-state index < -0.39 is 0 Å². The molecule has 5 rings (SSSR count). The summed E-state index contributed by atoms with van der Waals surface area (Å²) in [6.45, 7) is 1.83. The summed E-state index contributed by atoms with van der Waals surface area (Å²) in [5.41, 5.74) is 6.18. The molecule has 0 amide bonds. The van der Waals surface area contributed by atoms with Gasteiger partial charge in [0.1, 0.15) is 0 Å². The standard InChI is InChI=1S/C27H22Cl2N4O/c1-17(16-34)30-24-15-27-25(14-23(24)31-20-10-6-18(28)7-11-20)32-22-4-2-3-5-26(22)33(27)21-12-8-19(29)9-13-21/h2-15,17,31,34H,16H2,1H3. The van der Waals surface area contributed by atoms with Crippen LogP contribution in [-0.4, -0.2) is 27.3 Å². The van der Waals surface area contributed by atoms with Crippen LogP contribution >= 0.6 is 23.2 Å². The number of hydrogen-bond donors (Lipinski definition) is 2. The van der Waals surface area contributed by atoms with Gasteiger partial charge in [-0.2, -0.15) is 0 Å². The maximum Gasteiger partial charge on any atom is 0.0900 e. The lowest BCUT2D eigenvalue weighted by Gasteiger charge is -2.20. The molecule has 0 fully saturated rings. The smallest absolute Gasteiger partial charge is 0.0900 e. The second-order valence-electron chi connectivity index (χ2n) is 8.06. The third-order valence-corrected chi connectivity index (χ3v) is 6.03. The maximum atomic E-state index is 9.66. The van der Waals surface area contributed by atoms with E-state index in [0.29, 0.717) is 10.0 Å². The van der Waals surface area contributed by atoms with E-state index in [1.165, 1.54) is 0 Å². The summed E-state index contributed by atoms with van der Waals surface area (Å²) in [5, 5.41) is 15.2. The SMILES string of the molecule is CC(CO)N=c1cc2n(-c3ccc(Cl)cc3)c3ccccc3nc-2cc1Nc1ccc(Cl)cc1. The quantitative estimate of drug-likeness (QED) is 0.279. The average Bonchev–Trinajstić information content (AvgIpc) is 2.85. The van der Waals surface area contributed by atoms with Crippen LogP contribution in [-0.2, 0) is 0 Å². The van der Waals surface area contributed by atoms with Gasteiger partial charge in [0, 0.05) is 21.4 Å². The molecule has 170 valence electrons. The summed E-state index contributed by atoms with van der Waals surface area (Å²) in [5.74, 6) is 0. The zero-order chi connectivity index (χ0) is 23.7. The summed E-state index contributed by atoms with van der Waals surface area (Å²) in [4.78, 5) is 9.71. The number of nitrogens with zero attached hydrogens (tertiary/aromatic N) is 3. The third kappa shape index (κ3) is 4.50. The third-order valence-electron chi connectivity index (χ3n) is 5.53. The van der Waals surface area contributed by atoms with Crippen molar-refractivity contribution in [3.8, 4) is 17.1 Å². The van der Waals surface area contributed by atoms with Gasteiger partial charge < -0.3 is 15.0 Å². The highest BCUT2D eigenvalue weighted by atomic mass is 35.5. The molecule has 3 aromatic carbocycles. The number of aromatic nitrogens is 2. The number of fused-ring (bicyclic) bond motifs is 2. The van der Waals surface area contributed by atoms with Crippen molar-refractivity contribution in [1.29, 1.82) is 0 Å². The second kappa shape index (κ2) is 9.47. The highest BCUT2D eigenvalue weighted by Crippen LogP contribution is 2.31. The Morgan fingerprint density at radius 1 is 0.941 bits per heavy atom. The van der Waals surface area contributed by atoms with Gasteiger partial charge in [-0.1, -0.05) is 35.3 Å². The molecule has 7 heteroatoms. The first kappa shape index (κ1) is 22.4. The van der Waals surface area contributed by atoms with Crippen LogP contribution in [0.25, 0.3) is 28.1 Å². The van der Waals surface area contributed by atoms with E-state index in [4.69, 9.17) is 33.2 Å². The molecule has 2 aliphatic rings. The number of rotatable bonds is 5. The summed E-state index contributed by atoms with van der Waals surface area (Å²) >= 11 is 12.2. The normalized spacial score (nSPS) is 12.9. The average molecular weight is 489 g/mol. The molecule has 34 heavy (non-hydrogen) atoms.